The molecule has 69 heavy (non-hydrogen) atoms. The molecular weight excluding hydrogens is 857 g/mol. The molecule has 2 aliphatic rings. The maximum Gasteiger partial charge on any atom is 0.235 e. The van der Waals surface area contributed by atoms with E-state index in [1.807, 2.05) is 11.8 Å². The van der Waals surface area contributed by atoms with Crippen molar-refractivity contribution in [2.24, 2.45) is 0 Å². The summed E-state index contributed by atoms with van der Waals surface area (Å²) in [6.45, 7) is 0. The van der Waals surface area contributed by atoms with Gasteiger partial charge in [-0.1, -0.05) is 163 Å². The maximum absolute atomic E-state index is 5.44. The third-order valence-electron chi connectivity index (χ3n) is 14.6. The summed E-state index contributed by atoms with van der Waals surface area (Å²) in [5, 5.41) is 5.98. The molecule has 0 bridgehead atoms. The van der Waals surface area contributed by atoms with Crippen molar-refractivity contribution in [3.63, 3.8) is 0 Å². The normalized spacial score (nSPS) is 12.8. The van der Waals surface area contributed by atoms with Gasteiger partial charge in [-0.15, -0.1) is 0 Å². The number of aromatic nitrogens is 4. The molecule has 0 radical (unpaired) electrons. The summed E-state index contributed by atoms with van der Waals surface area (Å²) in [6.07, 6.45) is 1.81. The van der Waals surface area contributed by atoms with E-state index in [-0.39, 0.29) is 0 Å². The summed E-state index contributed by atoms with van der Waals surface area (Å²) in [5.74, 6) is 0.672. The van der Waals surface area contributed by atoms with Crippen LogP contribution < -0.4 is 0 Å². The van der Waals surface area contributed by atoms with E-state index in [0.29, 0.717) is 5.95 Å². The SMILES string of the molecule is c1ccc(-c2nc(-n3c4ccc(-c5cccc6c5-c5cc(-c7cccc8c7c7ccccc7n8-c7ccccc7)ccc5C6)cc4c4cc5c(cc43)Sc3ccccc3C5)nc3ccccc23)cc1. The average molecular weight is 897 g/mol. The molecule has 3 aromatic heterocycles. The van der Waals surface area contributed by atoms with E-state index in [2.05, 4.69) is 228 Å². The Hall–Kier alpha value is -8.51. The van der Waals surface area contributed by atoms with Gasteiger partial charge in [0.1, 0.15) is 0 Å². The van der Waals surface area contributed by atoms with Gasteiger partial charge in [0.25, 0.3) is 0 Å². The molecule has 0 spiro atoms. The molecule has 0 saturated carbocycles. The van der Waals surface area contributed by atoms with Crippen LogP contribution in [0.2, 0.25) is 0 Å². The lowest BCUT2D eigenvalue weighted by atomic mass is 9.91. The number of hydrogen-bond donors (Lipinski definition) is 0. The average Bonchev–Trinajstić information content (AvgIpc) is 4.07. The zero-order valence-corrected chi connectivity index (χ0v) is 38.2. The fourth-order valence-electron chi connectivity index (χ4n) is 11.5. The highest BCUT2D eigenvalue weighted by molar-refractivity contribution is 7.99. The zero-order valence-electron chi connectivity index (χ0n) is 37.4. The molecule has 322 valence electrons. The Bertz CT molecular complexity index is 4280. The third-order valence-corrected chi connectivity index (χ3v) is 15.8. The van der Waals surface area contributed by atoms with E-state index in [4.69, 9.17) is 9.97 Å². The van der Waals surface area contributed by atoms with E-state index in [1.165, 1.54) is 104 Å². The van der Waals surface area contributed by atoms with E-state index >= 15 is 0 Å². The number of hydrogen-bond acceptors (Lipinski definition) is 3. The van der Waals surface area contributed by atoms with E-state index in [1.54, 1.807) is 0 Å². The van der Waals surface area contributed by atoms with Crippen molar-refractivity contribution in [2.75, 3.05) is 0 Å². The first-order valence-corrected chi connectivity index (χ1v) is 24.5. The summed E-state index contributed by atoms with van der Waals surface area (Å²) >= 11 is 1.87. The van der Waals surface area contributed by atoms with Crippen LogP contribution in [0.5, 0.6) is 0 Å². The Balaban J connectivity index is 0.924. The van der Waals surface area contributed by atoms with Crippen molar-refractivity contribution in [2.45, 2.75) is 22.6 Å². The number of benzene rings is 10. The summed E-state index contributed by atoms with van der Waals surface area (Å²) < 4.78 is 4.71. The summed E-state index contributed by atoms with van der Waals surface area (Å²) in [6, 6.07) is 80.0. The fourth-order valence-corrected chi connectivity index (χ4v) is 12.6. The van der Waals surface area contributed by atoms with Crippen LogP contribution in [0.25, 0.3) is 111 Å². The van der Waals surface area contributed by atoms with Crippen molar-refractivity contribution in [3.8, 4) is 56.3 Å². The highest BCUT2D eigenvalue weighted by Crippen LogP contribution is 2.49. The van der Waals surface area contributed by atoms with Gasteiger partial charge < -0.3 is 4.57 Å². The first-order chi connectivity index (χ1) is 34.2. The second kappa shape index (κ2) is 15.0. The lowest BCUT2D eigenvalue weighted by molar-refractivity contribution is 1.01. The monoisotopic (exact) mass is 896 g/mol. The van der Waals surface area contributed by atoms with Crippen LogP contribution >= 0.6 is 11.8 Å². The summed E-state index contributed by atoms with van der Waals surface area (Å²) in [4.78, 5) is 13.4. The lowest BCUT2D eigenvalue weighted by Gasteiger charge is -2.19. The molecule has 0 unspecified atom stereocenters. The Labute approximate surface area is 402 Å². The molecule has 1 aliphatic heterocycles. The second-order valence-corrected chi connectivity index (χ2v) is 19.5. The number of rotatable bonds is 5. The van der Waals surface area contributed by atoms with E-state index < -0.39 is 0 Å². The van der Waals surface area contributed by atoms with Crippen molar-refractivity contribution in [3.05, 3.63) is 241 Å². The quantitative estimate of drug-likeness (QED) is 0.173. The van der Waals surface area contributed by atoms with Crippen molar-refractivity contribution in [1.82, 2.24) is 19.1 Å². The minimum absolute atomic E-state index is 0.672. The molecule has 0 atom stereocenters. The zero-order chi connectivity index (χ0) is 45.2. The molecule has 1 aliphatic carbocycles. The van der Waals surface area contributed by atoms with Gasteiger partial charge in [0.05, 0.1) is 33.3 Å². The first kappa shape index (κ1) is 38.6. The largest absolute Gasteiger partial charge is 0.309 e. The van der Waals surface area contributed by atoms with Crippen molar-refractivity contribution in [1.29, 1.82) is 0 Å². The first-order valence-electron chi connectivity index (χ1n) is 23.7. The number of nitrogens with zero attached hydrogens (tertiary/aromatic N) is 4. The topological polar surface area (TPSA) is 35.6 Å². The predicted molar refractivity (Wildman–Crippen MR) is 286 cm³/mol. The molecule has 0 amide bonds. The van der Waals surface area contributed by atoms with Gasteiger partial charge in [0, 0.05) is 48.0 Å². The van der Waals surface area contributed by atoms with Crippen LogP contribution in [0.4, 0.5) is 0 Å². The van der Waals surface area contributed by atoms with Gasteiger partial charge in [-0.25, -0.2) is 9.97 Å². The molecule has 4 nitrogen and oxygen atoms in total. The van der Waals surface area contributed by atoms with Crippen LogP contribution in [0.3, 0.4) is 0 Å². The molecule has 0 saturated heterocycles. The molecule has 5 heteroatoms. The van der Waals surface area contributed by atoms with Gasteiger partial charge in [-0.3, -0.25) is 4.57 Å². The van der Waals surface area contributed by atoms with Gasteiger partial charge >= 0.3 is 0 Å². The van der Waals surface area contributed by atoms with Crippen LogP contribution in [0, 0.1) is 0 Å². The van der Waals surface area contributed by atoms with Crippen molar-refractivity contribution < 1.29 is 0 Å². The van der Waals surface area contributed by atoms with Crippen molar-refractivity contribution >= 4 is 66.3 Å². The lowest BCUT2D eigenvalue weighted by Crippen LogP contribution is -2.04. The highest BCUT2D eigenvalue weighted by atomic mass is 32.2. The van der Waals surface area contributed by atoms with Gasteiger partial charge in [0.2, 0.25) is 5.95 Å². The molecular formula is C64H40N4S. The van der Waals surface area contributed by atoms with Crippen LogP contribution in [0.15, 0.2) is 228 Å². The fraction of sp³-hybridized carbons (Fsp3) is 0.0312. The minimum atomic E-state index is 0.672. The Morgan fingerprint density at radius 3 is 1.96 bits per heavy atom. The third kappa shape index (κ3) is 5.90. The minimum Gasteiger partial charge on any atom is -0.309 e. The van der Waals surface area contributed by atoms with Gasteiger partial charge in [-0.05, 0) is 135 Å². The van der Waals surface area contributed by atoms with Gasteiger partial charge in [-0.2, -0.15) is 0 Å². The summed E-state index contributed by atoms with van der Waals surface area (Å²) in [7, 11) is 0. The highest BCUT2D eigenvalue weighted by Gasteiger charge is 2.27. The molecule has 0 fully saturated rings. The van der Waals surface area contributed by atoms with Crippen LogP contribution in [-0.2, 0) is 12.8 Å². The predicted octanol–water partition coefficient (Wildman–Crippen LogP) is 16.5. The Kier molecular flexibility index (Phi) is 8.39. The summed E-state index contributed by atoms with van der Waals surface area (Å²) in [5.41, 5.74) is 21.7. The maximum atomic E-state index is 5.44. The van der Waals surface area contributed by atoms with Crippen LogP contribution in [-0.4, -0.2) is 19.1 Å². The van der Waals surface area contributed by atoms with E-state index in [9.17, 15) is 0 Å². The molecule has 10 aromatic carbocycles. The standard InChI is InChI=1S/C64H40N4S/c1-3-15-39(16-4-1)63-49-21-8-10-25-54(49)65-64(66-63)68-56-32-31-42(36-52(56)53-37-45-34-43-17-7-12-28-59(43)69-60(45)38-58(53)68)47-23-13-18-44-33-40-29-30-41(35-51(40)61(44)47)48-24-14-27-57-62(48)50-22-9-11-26-55(50)67(57)46-19-5-2-6-20-46/h1-32,35-38H,33-34H2. The number of fused-ring (bicyclic) bond motifs is 12. The molecule has 4 heterocycles. The smallest absolute Gasteiger partial charge is 0.235 e. The Morgan fingerprint density at radius 1 is 0.362 bits per heavy atom. The second-order valence-electron chi connectivity index (χ2n) is 18.5. The molecule has 13 aromatic rings. The Morgan fingerprint density at radius 2 is 1.04 bits per heavy atom. The molecule has 15 rings (SSSR count). The van der Waals surface area contributed by atoms with E-state index in [0.717, 1.165) is 46.0 Å². The van der Waals surface area contributed by atoms with Crippen LogP contribution in [0.1, 0.15) is 22.3 Å². The molecule has 0 N–H and O–H groups in total. The number of para-hydroxylation sites is 3. The van der Waals surface area contributed by atoms with Gasteiger partial charge in [0.15, 0.2) is 0 Å².